The van der Waals surface area contributed by atoms with Gasteiger partial charge in [-0.05, 0) is 29.3 Å². The van der Waals surface area contributed by atoms with Crippen molar-refractivity contribution in [1.82, 2.24) is 25.1 Å². The molecule has 8 heteroatoms. The Morgan fingerprint density at radius 2 is 1.71 bits per heavy atom. The maximum Gasteiger partial charge on any atom is 0.258 e. The van der Waals surface area contributed by atoms with Crippen LogP contribution in [0.4, 0.5) is 10.2 Å². The largest absolute Gasteiger partial charge is 0.364 e. The van der Waals surface area contributed by atoms with Crippen molar-refractivity contribution in [2.75, 3.05) is 5.32 Å². The number of anilines is 1. The van der Waals surface area contributed by atoms with Gasteiger partial charge in [-0.15, -0.1) is 0 Å². The van der Waals surface area contributed by atoms with E-state index in [1.807, 2.05) is 66.7 Å². The number of fused-ring (bicyclic) bond motifs is 1. The number of halogens is 1. The van der Waals surface area contributed by atoms with Gasteiger partial charge in [0.25, 0.3) is 5.89 Å². The summed E-state index contributed by atoms with van der Waals surface area (Å²) < 4.78 is 17.8. The van der Waals surface area contributed by atoms with Crippen LogP contribution < -0.4 is 5.32 Å². The van der Waals surface area contributed by atoms with Crippen LogP contribution in [-0.2, 0) is 13.2 Å². The van der Waals surface area contributed by atoms with Gasteiger partial charge in [0, 0.05) is 6.20 Å². The third-order valence-corrected chi connectivity index (χ3v) is 4.75. The standard InChI is InChI=1S/C23H17FN6O/c24-13-19-28-23(30-31-19)22-27-18-11-6-10-17(15-7-2-1-3-8-15)20(18)21(29-22)26-14-16-9-4-5-12-25-16/h1-12H,13-14H2,(H,26,27,29). The highest BCUT2D eigenvalue weighted by atomic mass is 19.1. The molecule has 7 nitrogen and oxygen atoms in total. The third-order valence-electron chi connectivity index (χ3n) is 4.75. The summed E-state index contributed by atoms with van der Waals surface area (Å²) in [6, 6.07) is 21.6. The molecule has 2 aromatic carbocycles. The topological polar surface area (TPSA) is 89.6 Å². The Labute approximate surface area is 177 Å². The Bertz CT molecular complexity index is 1320. The van der Waals surface area contributed by atoms with Crippen LogP contribution in [0.15, 0.2) is 77.4 Å². The lowest BCUT2D eigenvalue weighted by Crippen LogP contribution is -2.06. The van der Waals surface area contributed by atoms with E-state index in [-0.39, 0.29) is 17.5 Å². The zero-order valence-electron chi connectivity index (χ0n) is 16.4. The Balaban J connectivity index is 1.66. The van der Waals surface area contributed by atoms with Crippen molar-refractivity contribution in [3.8, 4) is 22.8 Å². The normalized spacial score (nSPS) is 11.0. The zero-order valence-corrected chi connectivity index (χ0v) is 16.4. The summed E-state index contributed by atoms with van der Waals surface area (Å²) in [6.07, 6.45) is 1.74. The zero-order chi connectivity index (χ0) is 21.0. The molecule has 0 aliphatic rings. The predicted octanol–water partition coefficient (Wildman–Crippen LogP) is 4.82. The van der Waals surface area contributed by atoms with Crippen molar-refractivity contribution in [3.63, 3.8) is 0 Å². The van der Waals surface area contributed by atoms with Crippen LogP contribution in [0.3, 0.4) is 0 Å². The van der Waals surface area contributed by atoms with E-state index in [2.05, 4.69) is 30.4 Å². The number of nitrogens with zero attached hydrogens (tertiary/aromatic N) is 5. The molecule has 0 spiro atoms. The van der Waals surface area contributed by atoms with Crippen LogP contribution in [0.2, 0.25) is 0 Å². The van der Waals surface area contributed by atoms with Gasteiger partial charge < -0.3 is 9.84 Å². The Morgan fingerprint density at radius 1 is 0.839 bits per heavy atom. The van der Waals surface area contributed by atoms with Gasteiger partial charge in [0.1, 0.15) is 5.82 Å². The van der Waals surface area contributed by atoms with E-state index in [0.717, 1.165) is 22.2 Å². The minimum absolute atomic E-state index is 0.111. The van der Waals surface area contributed by atoms with E-state index in [1.54, 1.807) is 6.20 Å². The molecule has 1 N–H and O–H groups in total. The number of benzene rings is 2. The molecular weight excluding hydrogens is 395 g/mol. The smallest absolute Gasteiger partial charge is 0.258 e. The van der Waals surface area contributed by atoms with Gasteiger partial charge in [-0.3, -0.25) is 4.98 Å². The van der Waals surface area contributed by atoms with Crippen molar-refractivity contribution >= 4 is 16.7 Å². The Hall–Kier alpha value is -4.20. The summed E-state index contributed by atoms with van der Waals surface area (Å²) in [5, 5.41) is 8.05. The Morgan fingerprint density at radius 3 is 2.48 bits per heavy atom. The van der Waals surface area contributed by atoms with Gasteiger partial charge in [-0.1, -0.05) is 53.7 Å². The lowest BCUT2D eigenvalue weighted by molar-refractivity contribution is 0.323. The van der Waals surface area contributed by atoms with Crippen LogP contribution in [0.1, 0.15) is 11.6 Å². The average Bonchev–Trinajstić information content (AvgIpc) is 3.33. The molecule has 0 aliphatic carbocycles. The number of alkyl halides is 1. The summed E-state index contributed by atoms with van der Waals surface area (Å²) in [4.78, 5) is 17.7. The van der Waals surface area contributed by atoms with E-state index < -0.39 is 6.67 Å². The fourth-order valence-electron chi connectivity index (χ4n) is 3.35. The molecule has 0 radical (unpaired) electrons. The molecule has 152 valence electrons. The van der Waals surface area contributed by atoms with E-state index >= 15 is 0 Å². The monoisotopic (exact) mass is 412 g/mol. The van der Waals surface area contributed by atoms with Crippen molar-refractivity contribution in [1.29, 1.82) is 0 Å². The van der Waals surface area contributed by atoms with E-state index in [4.69, 9.17) is 4.52 Å². The molecule has 0 bridgehead atoms. The molecule has 5 rings (SSSR count). The van der Waals surface area contributed by atoms with Gasteiger partial charge >= 0.3 is 0 Å². The number of aromatic nitrogens is 5. The number of rotatable bonds is 6. The maximum atomic E-state index is 12.9. The minimum atomic E-state index is -0.844. The number of hydrogen-bond donors (Lipinski definition) is 1. The molecule has 0 unspecified atom stereocenters. The quantitative estimate of drug-likeness (QED) is 0.427. The molecule has 0 amide bonds. The molecule has 0 atom stereocenters. The first kappa shape index (κ1) is 18.8. The number of nitrogens with one attached hydrogen (secondary N) is 1. The molecule has 5 aromatic rings. The lowest BCUT2D eigenvalue weighted by atomic mass is 10.0. The summed E-state index contributed by atoms with van der Waals surface area (Å²) in [6.45, 7) is -0.374. The maximum absolute atomic E-state index is 12.9. The predicted molar refractivity (Wildman–Crippen MR) is 115 cm³/mol. The van der Waals surface area contributed by atoms with E-state index in [0.29, 0.717) is 17.9 Å². The highest BCUT2D eigenvalue weighted by Crippen LogP contribution is 2.33. The SMILES string of the molecule is FCc1nc(-c2nc(NCc3ccccn3)c3c(-c4ccccc4)cccc3n2)no1. The van der Waals surface area contributed by atoms with Gasteiger partial charge in [-0.25, -0.2) is 14.4 Å². The van der Waals surface area contributed by atoms with Crippen LogP contribution >= 0.6 is 0 Å². The minimum Gasteiger partial charge on any atom is -0.364 e. The first-order chi connectivity index (χ1) is 15.3. The fraction of sp³-hybridized carbons (Fsp3) is 0.0870. The lowest BCUT2D eigenvalue weighted by Gasteiger charge is -2.13. The van der Waals surface area contributed by atoms with Gasteiger partial charge in [0.15, 0.2) is 6.67 Å². The third kappa shape index (κ3) is 3.83. The second kappa shape index (κ2) is 8.27. The first-order valence-electron chi connectivity index (χ1n) is 9.71. The average molecular weight is 412 g/mol. The summed E-state index contributed by atoms with van der Waals surface area (Å²) >= 11 is 0. The van der Waals surface area contributed by atoms with Crippen LogP contribution in [0.25, 0.3) is 33.7 Å². The van der Waals surface area contributed by atoms with Gasteiger partial charge in [-0.2, -0.15) is 4.98 Å². The summed E-state index contributed by atoms with van der Waals surface area (Å²) in [5.74, 6) is 0.890. The van der Waals surface area contributed by atoms with Crippen LogP contribution in [-0.4, -0.2) is 25.1 Å². The molecule has 3 aromatic heterocycles. The van der Waals surface area contributed by atoms with Crippen LogP contribution in [0, 0.1) is 0 Å². The fourth-order valence-corrected chi connectivity index (χ4v) is 3.35. The summed E-state index contributed by atoms with van der Waals surface area (Å²) in [7, 11) is 0. The highest BCUT2D eigenvalue weighted by molar-refractivity contribution is 6.02. The van der Waals surface area contributed by atoms with E-state index in [1.165, 1.54) is 0 Å². The molecule has 0 aliphatic heterocycles. The van der Waals surface area contributed by atoms with Crippen LogP contribution in [0.5, 0.6) is 0 Å². The molecule has 0 saturated heterocycles. The molecular formula is C23H17FN6O. The van der Waals surface area contributed by atoms with Gasteiger partial charge in [0.2, 0.25) is 11.6 Å². The van der Waals surface area contributed by atoms with Crippen molar-refractivity contribution < 1.29 is 8.91 Å². The van der Waals surface area contributed by atoms with Crippen molar-refractivity contribution in [3.05, 3.63) is 84.5 Å². The molecule has 0 saturated carbocycles. The second-order valence-electron chi connectivity index (χ2n) is 6.78. The van der Waals surface area contributed by atoms with Crippen molar-refractivity contribution in [2.24, 2.45) is 0 Å². The molecule has 3 heterocycles. The second-order valence-corrected chi connectivity index (χ2v) is 6.78. The van der Waals surface area contributed by atoms with Crippen molar-refractivity contribution in [2.45, 2.75) is 13.2 Å². The van der Waals surface area contributed by atoms with E-state index in [9.17, 15) is 4.39 Å². The number of hydrogen-bond acceptors (Lipinski definition) is 7. The van der Waals surface area contributed by atoms with Gasteiger partial charge in [0.05, 0.1) is 23.1 Å². The number of pyridine rings is 1. The Kier molecular flexibility index (Phi) is 5.02. The highest BCUT2D eigenvalue weighted by Gasteiger charge is 2.17. The summed E-state index contributed by atoms with van der Waals surface area (Å²) in [5.41, 5.74) is 3.61. The molecule has 0 fully saturated rings. The molecule has 31 heavy (non-hydrogen) atoms. The first-order valence-corrected chi connectivity index (χ1v) is 9.71.